The summed E-state index contributed by atoms with van der Waals surface area (Å²) in [5.41, 5.74) is 3.47. The Morgan fingerprint density at radius 3 is 2.65 bits per heavy atom. The molecule has 0 saturated heterocycles. The van der Waals surface area contributed by atoms with Crippen LogP contribution in [0.3, 0.4) is 0 Å². The first-order chi connectivity index (χ1) is 12.5. The van der Waals surface area contributed by atoms with Gasteiger partial charge in [-0.05, 0) is 49.2 Å². The second-order valence-electron chi connectivity index (χ2n) is 6.36. The van der Waals surface area contributed by atoms with Gasteiger partial charge in [-0.2, -0.15) is 4.98 Å². The lowest BCUT2D eigenvalue weighted by atomic mass is 10.0. The lowest BCUT2D eigenvalue weighted by Crippen LogP contribution is -2.23. The van der Waals surface area contributed by atoms with Gasteiger partial charge in [-0.25, -0.2) is 4.79 Å². The third-order valence-electron chi connectivity index (χ3n) is 4.43. The van der Waals surface area contributed by atoms with E-state index in [1.807, 2.05) is 13.0 Å². The number of hydrogen-bond donors (Lipinski definition) is 0. The van der Waals surface area contributed by atoms with Crippen molar-refractivity contribution in [2.45, 2.75) is 40.5 Å². The van der Waals surface area contributed by atoms with Crippen LogP contribution in [0.5, 0.6) is 0 Å². The molecular formula is C19H23N3O4. The molecule has 0 aliphatic carbocycles. The number of hydrogen-bond acceptors (Lipinski definition) is 7. The third kappa shape index (κ3) is 4.00. The molecular weight excluding hydrogens is 334 g/mol. The normalized spacial score (nSPS) is 11.6. The highest BCUT2D eigenvalue weighted by molar-refractivity contribution is 5.81. The van der Waals surface area contributed by atoms with Crippen molar-refractivity contribution in [2.75, 3.05) is 13.7 Å². The lowest BCUT2D eigenvalue weighted by molar-refractivity contribution is 0.174. The molecule has 0 fully saturated rings. The van der Waals surface area contributed by atoms with E-state index in [-0.39, 0.29) is 5.63 Å². The molecule has 0 radical (unpaired) electrons. The summed E-state index contributed by atoms with van der Waals surface area (Å²) in [6, 6.07) is 5.55. The van der Waals surface area contributed by atoms with E-state index in [4.69, 9.17) is 13.7 Å². The molecule has 26 heavy (non-hydrogen) atoms. The van der Waals surface area contributed by atoms with Crippen LogP contribution in [0.25, 0.3) is 11.0 Å². The summed E-state index contributed by atoms with van der Waals surface area (Å²) >= 11 is 0. The van der Waals surface area contributed by atoms with Gasteiger partial charge in [-0.1, -0.05) is 12.1 Å². The molecule has 138 valence electrons. The molecule has 7 heteroatoms. The van der Waals surface area contributed by atoms with Gasteiger partial charge in [0.25, 0.3) is 0 Å². The average Bonchev–Trinajstić information content (AvgIpc) is 3.03. The van der Waals surface area contributed by atoms with E-state index in [2.05, 4.69) is 35.0 Å². The van der Waals surface area contributed by atoms with Crippen LogP contribution in [-0.2, 0) is 24.4 Å². The molecule has 2 heterocycles. The predicted molar refractivity (Wildman–Crippen MR) is 96.8 cm³/mol. The molecule has 0 amide bonds. The molecule has 7 nitrogen and oxygen atoms in total. The van der Waals surface area contributed by atoms with Crippen molar-refractivity contribution in [1.82, 2.24) is 15.0 Å². The van der Waals surface area contributed by atoms with Crippen molar-refractivity contribution < 1.29 is 13.7 Å². The van der Waals surface area contributed by atoms with Crippen LogP contribution in [-0.4, -0.2) is 28.7 Å². The minimum absolute atomic E-state index is 0.318. The van der Waals surface area contributed by atoms with Crippen molar-refractivity contribution in [3.8, 4) is 0 Å². The molecule has 0 N–H and O–H groups in total. The Morgan fingerprint density at radius 1 is 1.15 bits per heavy atom. The molecule has 0 spiro atoms. The van der Waals surface area contributed by atoms with Gasteiger partial charge < -0.3 is 13.7 Å². The van der Waals surface area contributed by atoms with Crippen LogP contribution in [0, 0.1) is 13.8 Å². The molecule has 3 rings (SSSR count). The SMILES string of the molecule is CCN(Cc1nc(COC)no1)Cc1cc(=O)oc2cc(C)c(C)cc12. The summed E-state index contributed by atoms with van der Waals surface area (Å²) in [6.07, 6.45) is 0. The monoisotopic (exact) mass is 357 g/mol. The Morgan fingerprint density at radius 2 is 1.92 bits per heavy atom. The first-order valence-corrected chi connectivity index (χ1v) is 8.57. The Kier molecular flexibility index (Phi) is 5.49. The standard InChI is InChI=1S/C19H23N3O4/c1-5-22(10-18-20-17(11-24-4)21-26-18)9-14-8-19(23)25-16-7-13(3)12(2)6-15(14)16/h6-8H,5,9-11H2,1-4H3. The minimum atomic E-state index is -0.341. The zero-order valence-electron chi connectivity index (χ0n) is 15.5. The van der Waals surface area contributed by atoms with Crippen LogP contribution < -0.4 is 5.63 Å². The second kappa shape index (κ2) is 7.80. The lowest BCUT2D eigenvalue weighted by Gasteiger charge is -2.19. The molecule has 0 aliphatic heterocycles. The van der Waals surface area contributed by atoms with Crippen molar-refractivity contribution in [2.24, 2.45) is 0 Å². The predicted octanol–water partition coefficient (Wildman–Crippen LogP) is 2.96. The largest absolute Gasteiger partial charge is 0.423 e. The highest BCUT2D eigenvalue weighted by atomic mass is 16.5. The topological polar surface area (TPSA) is 81.6 Å². The van der Waals surface area contributed by atoms with E-state index in [0.29, 0.717) is 37.0 Å². The summed E-state index contributed by atoms with van der Waals surface area (Å²) in [4.78, 5) is 18.4. The zero-order valence-corrected chi connectivity index (χ0v) is 15.5. The van der Waals surface area contributed by atoms with Gasteiger partial charge in [0.2, 0.25) is 5.89 Å². The van der Waals surface area contributed by atoms with Crippen molar-refractivity contribution in [3.05, 3.63) is 57.0 Å². The minimum Gasteiger partial charge on any atom is -0.423 e. The van der Waals surface area contributed by atoms with Crippen LogP contribution in [0.4, 0.5) is 0 Å². The fourth-order valence-electron chi connectivity index (χ4n) is 2.87. The summed E-state index contributed by atoms with van der Waals surface area (Å²) in [5.74, 6) is 1.05. The molecule has 1 aromatic carbocycles. The summed E-state index contributed by atoms with van der Waals surface area (Å²) in [6.45, 7) is 8.29. The zero-order chi connectivity index (χ0) is 18.7. The number of nitrogens with zero attached hydrogens (tertiary/aromatic N) is 3. The van der Waals surface area contributed by atoms with Crippen LogP contribution in [0.15, 0.2) is 31.9 Å². The average molecular weight is 357 g/mol. The highest BCUT2D eigenvalue weighted by Gasteiger charge is 2.14. The van der Waals surface area contributed by atoms with Gasteiger partial charge in [-0.15, -0.1) is 0 Å². The van der Waals surface area contributed by atoms with E-state index in [1.165, 1.54) is 0 Å². The maximum Gasteiger partial charge on any atom is 0.336 e. The van der Waals surface area contributed by atoms with Gasteiger partial charge in [0.1, 0.15) is 12.2 Å². The maximum absolute atomic E-state index is 12.0. The number of ether oxygens (including phenoxy) is 1. The molecule has 2 aromatic heterocycles. The third-order valence-corrected chi connectivity index (χ3v) is 4.43. The number of benzene rings is 1. The first kappa shape index (κ1) is 18.3. The summed E-state index contributed by atoms with van der Waals surface area (Å²) in [5, 5.41) is 4.84. The van der Waals surface area contributed by atoms with Gasteiger partial charge in [-0.3, -0.25) is 4.90 Å². The Bertz CT molecular complexity index is 961. The van der Waals surface area contributed by atoms with Crippen LogP contribution in [0.1, 0.15) is 35.3 Å². The van der Waals surface area contributed by atoms with Gasteiger partial charge in [0.15, 0.2) is 5.82 Å². The van der Waals surface area contributed by atoms with Crippen molar-refractivity contribution >= 4 is 11.0 Å². The molecule has 0 bridgehead atoms. The van der Waals surface area contributed by atoms with E-state index in [9.17, 15) is 4.79 Å². The summed E-state index contributed by atoms with van der Waals surface area (Å²) in [7, 11) is 1.59. The van der Waals surface area contributed by atoms with Crippen LogP contribution in [0.2, 0.25) is 0 Å². The fourth-order valence-corrected chi connectivity index (χ4v) is 2.87. The number of aryl methyl sites for hydroxylation is 2. The fraction of sp³-hybridized carbons (Fsp3) is 0.421. The number of fused-ring (bicyclic) bond motifs is 1. The number of methoxy groups -OCH3 is 1. The molecule has 0 atom stereocenters. The maximum atomic E-state index is 12.0. The van der Waals surface area contributed by atoms with Gasteiger partial charge >= 0.3 is 5.63 Å². The van der Waals surface area contributed by atoms with Crippen molar-refractivity contribution in [3.63, 3.8) is 0 Å². The van der Waals surface area contributed by atoms with E-state index < -0.39 is 0 Å². The van der Waals surface area contributed by atoms with Crippen molar-refractivity contribution in [1.29, 1.82) is 0 Å². The molecule has 0 aliphatic rings. The highest BCUT2D eigenvalue weighted by Crippen LogP contribution is 2.23. The van der Waals surface area contributed by atoms with E-state index in [0.717, 1.165) is 28.6 Å². The van der Waals surface area contributed by atoms with Gasteiger partial charge in [0.05, 0.1) is 6.54 Å². The Balaban J connectivity index is 1.87. The number of aromatic nitrogens is 2. The number of rotatable bonds is 7. The smallest absolute Gasteiger partial charge is 0.336 e. The molecule has 3 aromatic rings. The van der Waals surface area contributed by atoms with E-state index >= 15 is 0 Å². The summed E-state index contributed by atoms with van der Waals surface area (Å²) < 4.78 is 15.6. The second-order valence-corrected chi connectivity index (χ2v) is 6.36. The first-order valence-electron chi connectivity index (χ1n) is 8.57. The van der Waals surface area contributed by atoms with Gasteiger partial charge in [0, 0.05) is 25.1 Å². The van der Waals surface area contributed by atoms with Crippen LogP contribution >= 0.6 is 0 Å². The molecule has 0 saturated carbocycles. The Labute approximate surface area is 151 Å². The van der Waals surface area contributed by atoms with E-state index in [1.54, 1.807) is 13.2 Å². The quantitative estimate of drug-likeness (QED) is 0.601. The molecule has 0 unspecified atom stereocenters. The Hall–Kier alpha value is -2.51.